The molecule has 2 aromatic heterocycles. The third-order valence-corrected chi connectivity index (χ3v) is 2.76. The van der Waals surface area contributed by atoms with Crippen molar-refractivity contribution in [1.29, 1.82) is 0 Å². The van der Waals surface area contributed by atoms with E-state index in [0.717, 1.165) is 5.56 Å². The van der Waals surface area contributed by atoms with E-state index in [1.807, 2.05) is 18.2 Å². The zero-order valence-corrected chi connectivity index (χ0v) is 9.88. The maximum atomic E-state index is 13.0. The van der Waals surface area contributed by atoms with Crippen LogP contribution in [0.25, 0.3) is 22.5 Å². The van der Waals surface area contributed by atoms with Gasteiger partial charge in [0.2, 0.25) is 5.88 Å². The van der Waals surface area contributed by atoms with Gasteiger partial charge in [0.1, 0.15) is 11.5 Å². The van der Waals surface area contributed by atoms with Gasteiger partial charge in [0.25, 0.3) is 0 Å². The summed E-state index contributed by atoms with van der Waals surface area (Å²) in [5.74, 6) is -0.120. The highest BCUT2D eigenvalue weighted by Gasteiger charge is 2.17. The first-order valence-corrected chi connectivity index (χ1v) is 5.68. The summed E-state index contributed by atoms with van der Waals surface area (Å²) in [5.41, 5.74) is 8.36. The molecule has 0 amide bonds. The highest BCUT2D eigenvalue weighted by molar-refractivity contribution is 5.85. The third kappa shape index (κ3) is 2.06. The minimum atomic E-state index is -0.307. The molecule has 0 aliphatic rings. The molecule has 3 aromatic rings. The summed E-state index contributed by atoms with van der Waals surface area (Å²) in [5, 5.41) is 3.93. The Morgan fingerprint density at radius 3 is 2.53 bits per heavy atom. The van der Waals surface area contributed by atoms with E-state index in [1.165, 1.54) is 12.1 Å². The van der Waals surface area contributed by atoms with E-state index in [-0.39, 0.29) is 11.7 Å². The minimum Gasteiger partial charge on any atom is -0.367 e. The molecule has 2 N–H and O–H groups in total. The standard InChI is InChI=1S/C14H10FN3O/c15-10-6-4-9(5-7-10)12-13(18-19-14(12)16)11-3-1-2-8-17-11/h1-8H,16H2. The van der Waals surface area contributed by atoms with Gasteiger partial charge in [-0.15, -0.1) is 0 Å². The zero-order valence-electron chi connectivity index (χ0n) is 9.88. The van der Waals surface area contributed by atoms with Crippen molar-refractivity contribution in [3.05, 3.63) is 54.5 Å². The number of hydrogen-bond donors (Lipinski definition) is 1. The zero-order chi connectivity index (χ0) is 13.2. The highest BCUT2D eigenvalue weighted by atomic mass is 19.1. The van der Waals surface area contributed by atoms with Crippen molar-refractivity contribution in [1.82, 2.24) is 10.1 Å². The fraction of sp³-hybridized carbons (Fsp3) is 0. The van der Waals surface area contributed by atoms with Crippen LogP contribution in [0.15, 0.2) is 53.2 Å². The molecule has 0 aliphatic heterocycles. The molecule has 2 heterocycles. The fourth-order valence-electron chi connectivity index (χ4n) is 1.88. The van der Waals surface area contributed by atoms with Crippen molar-refractivity contribution in [2.45, 2.75) is 0 Å². The van der Waals surface area contributed by atoms with E-state index >= 15 is 0 Å². The number of hydrogen-bond acceptors (Lipinski definition) is 4. The number of benzene rings is 1. The molecule has 0 fully saturated rings. The number of halogens is 1. The molecule has 94 valence electrons. The van der Waals surface area contributed by atoms with E-state index in [0.29, 0.717) is 17.0 Å². The number of nitrogens with zero attached hydrogens (tertiary/aromatic N) is 2. The summed E-state index contributed by atoms with van der Waals surface area (Å²) < 4.78 is 18.0. The molecule has 1 aromatic carbocycles. The average molecular weight is 255 g/mol. The van der Waals surface area contributed by atoms with Crippen molar-refractivity contribution < 1.29 is 8.91 Å². The van der Waals surface area contributed by atoms with Crippen molar-refractivity contribution >= 4 is 5.88 Å². The van der Waals surface area contributed by atoms with Crippen LogP contribution in [0, 0.1) is 5.82 Å². The maximum Gasteiger partial charge on any atom is 0.230 e. The van der Waals surface area contributed by atoms with Crippen molar-refractivity contribution in [3.8, 4) is 22.5 Å². The molecule has 3 rings (SSSR count). The molecule has 0 atom stereocenters. The van der Waals surface area contributed by atoms with Crippen LogP contribution >= 0.6 is 0 Å². The lowest BCUT2D eigenvalue weighted by Gasteiger charge is -2.02. The summed E-state index contributed by atoms with van der Waals surface area (Å²) in [7, 11) is 0. The second-order valence-corrected chi connectivity index (χ2v) is 3.99. The lowest BCUT2D eigenvalue weighted by Crippen LogP contribution is -1.89. The van der Waals surface area contributed by atoms with Gasteiger partial charge in [-0.25, -0.2) is 4.39 Å². The predicted octanol–water partition coefficient (Wildman–Crippen LogP) is 3.12. The number of aromatic nitrogens is 2. The average Bonchev–Trinajstić information content (AvgIpc) is 2.83. The molecule has 5 heteroatoms. The second-order valence-electron chi connectivity index (χ2n) is 3.99. The molecule has 0 saturated heterocycles. The van der Waals surface area contributed by atoms with Crippen LogP contribution in [0.1, 0.15) is 0 Å². The van der Waals surface area contributed by atoms with Crippen LogP contribution in [0.4, 0.5) is 10.3 Å². The second kappa shape index (κ2) is 4.53. The molecular weight excluding hydrogens is 245 g/mol. The Balaban J connectivity index is 2.17. The normalized spacial score (nSPS) is 10.6. The van der Waals surface area contributed by atoms with Gasteiger partial charge in [0, 0.05) is 6.20 Å². The first-order chi connectivity index (χ1) is 9.25. The Hall–Kier alpha value is -2.69. The van der Waals surface area contributed by atoms with Crippen LogP contribution in [-0.4, -0.2) is 10.1 Å². The molecular formula is C14H10FN3O. The number of nitrogen functional groups attached to an aromatic ring is 1. The molecule has 0 saturated carbocycles. The van der Waals surface area contributed by atoms with E-state index < -0.39 is 0 Å². The Kier molecular flexibility index (Phi) is 2.72. The van der Waals surface area contributed by atoms with Gasteiger partial charge in [-0.1, -0.05) is 23.4 Å². The molecule has 0 spiro atoms. The number of rotatable bonds is 2. The minimum absolute atomic E-state index is 0.187. The Bertz CT molecular complexity index is 692. The van der Waals surface area contributed by atoms with Crippen LogP contribution in [0.2, 0.25) is 0 Å². The summed E-state index contributed by atoms with van der Waals surface area (Å²) in [4.78, 5) is 4.21. The van der Waals surface area contributed by atoms with Crippen LogP contribution in [0.3, 0.4) is 0 Å². The number of pyridine rings is 1. The van der Waals surface area contributed by atoms with Crippen molar-refractivity contribution in [2.24, 2.45) is 0 Å². The smallest absolute Gasteiger partial charge is 0.230 e. The quantitative estimate of drug-likeness (QED) is 0.764. The van der Waals surface area contributed by atoms with Crippen LogP contribution in [-0.2, 0) is 0 Å². The third-order valence-electron chi connectivity index (χ3n) is 2.76. The van der Waals surface area contributed by atoms with Gasteiger partial charge in [-0.05, 0) is 29.8 Å². The predicted molar refractivity (Wildman–Crippen MR) is 69.5 cm³/mol. The van der Waals surface area contributed by atoms with E-state index in [2.05, 4.69) is 10.1 Å². The fourth-order valence-corrected chi connectivity index (χ4v) is 1.88. The molecule has 0 bridgehead atoms. The van der Waals surface area contributed by atoms with Crippen molar-refractivity contribution in [3.63, 3.8) is 0 Å². The lowest BCUT2D eigenvalue weighted by molar-refractivity contribution is 0.439. The highest BCUT2D eigenvalue weighted by Crippen LogP contribution is 2.35. The molecule has 4 nitrogen and oxygen atoms in total. The topological polar surface area (TPSA) is 64.9 Å². The van der Waals surface area contributed by atoms with E-state index in [4.69, 9.17) is 10.3 Å². The van der Waals surface area contributed by atoms with Crippen LogP contribution < -0.4 is 5.73 Å². The van der Waals surface area contributed by atoms with Crippen molar-refractivity contribution in [2.75, 3.05) is 5.73 Å². The summed E-state index contributed by atoms with van der Waals surface area (Å²) in [6.07, 6.45) is 1.66. The molecule has 0 radical (unpaired) electrons. The SMILES string of the molecule is Nc1onc(-c2ccccn2)c1-c1ccc(F)cc1. The Labute approximate surface area is 108 Å². The maximum absolute atomic E-state index is 13.0. The largest absolute Gasteiger partial charge is 0.367 e. The Morgan fingerprint density at radius 1 is 1.05 bits per heavy atom. The van der Waals surface area contributed by atoms with E-state index in [1.54, 1.807) is 18.3 Å². The van der Waals surface area contributed by atoms with Crippen LogP contribution in [0.5, 0.6) is 0 Å². The number of nitrogens with two attached hydrogens (primary N) is 1. The summed E-state index contributed by atoms with van der Waals surface area (Å²) in [6.45, 7) is 0. The van der Waals surface area contributed by atoms with Gasteiger partial charge in [-0.2, -0.15) is 0 Å². The number of anilines is 1. The molecule has 19 heavy (non-hydrogen) atoms. The first kappa shape index (κ1) is 11.4. The summed E-state index contributed by atoms with van der Waals surface area (Å²) >= 11 is 0. The van der Waals surface area contributed by atoms with Gasteiger partial charge >= 0.3 is 0 Å². The first-order valence-electron chi connectivity index (χ1n) is 5.68. The monoisotopic (exact) mass is 255 g/mol. The molecule has 0 unspecified atom stereocenters. The Morgan fingerprint density at radius 2 is 1.84 bits per heavy atom. The van der Waals surface area contributed by atoms with Gasteiger partial charge in [0.15, 0.2) is 0 Å². The van der Waals surface area contributed by atoms with Gasteiger partial charge in [0.05, 0.1) is 11.3 Å². The lowest BCUT2D eigenvalue weighted by atomic mass is 10.0. The van der Waals surface area contributed by atoms with E-state index in [9.17, 15) is 4.39 Å². The van der Waals surface area contributed by atoms with Gasteiger partial charge in [-0.3, -0.25) is 4.98 Å². The van der Waals surface area contributed by atoms with Gasteiger partial charge < -0.3 is 10.3 Å². The summed E-state index contributed by atoms with van der Waals surface area (Å²) in [6, 6.07) is 11.5. The molecule has 0 aliphatic carbocycles.